The maximum atomic E-state index is 11.2. The summed E-state index contributed by atoms with van der Waals surface area (Å²) in [6.07, 6.45) is 1.46. The highest BCUT2D eigenvalue weighted by atomic mass is 16.5. The van der Waals surface area contributed by atoms with Gasteiger partial charge in [0.25, 0.3) is 0 Å². The summed E-state index contributed by atoms with van der Waals surface area (Å²) in [6, 6.07) is 8.20. The predicted octanol–water partition coefficient (Wildman–Crippen LogP) is 3.69. The monoisotopic (exact) mass is 247 g/mol. The molecule has 1 aromatic carbocycles. The van der Waals surface area contributed by atoms with E-state index in [-0.39, 0.29) is 5.97 Å². The Morgan fingerprint density at radius 1 is 1.33 bits per heavy atom. The molecule has 0 aliphatic rings. The number of anilines is 1. The minimum Gasteiger partial charge on any atom is -0.463 e. The van der Waals surface area contributed by atoms with Gasteiger partial charge in [-0.05, 0) is 37.5 Å². The fourth-order valence-corrected chi connectivity index (χ4v) is 1.58. The van der Waals surface area contributed by atoms with Gasteiger partial charge in [-0.2, -0.15) is 0 Å². The smallest absolute Gasteiger partial charge is 0.332 e. The summed E-state index contributed by atoms with van der Waals surface area (Å²) in [5.41, 5.74) is 3.04. The second-order valence-corrected chi connectivity index (χ2v) is 4.48. The van der Waals surface area contributed by atoms with Gasteiger partial charge < -0.3 is 10.1 Å². The number of carbonyl (C=O) groups excluding carboxylic acids is 1. The Morgan fingerprint density at radius 3 is 2.44 bits per heavy atom. The van der Waals surface area contributed by atoms with Crippen molar-refractivity contribution in [2.24, 2.45) is 0 Å². The number of rotatable bonds is 5. The Hall–Kier alpha value is -1.77. The van der Waals surface area contributed by atoms with E-state index in [1.165, 1.54) is 11.6 Å². The second kappa shape index (κ2) is 6.84. The highest BCUT2D eigenvalue weighted by Crippen LogP contribution is 2.18. The Kier molecular flexibility index (Phi) is 5.43. The van der Waals surface area contributed by atoms with Crippen LogP contribution in [0.2, 0.25) is 0 Å². The maximum Gasteiger partial charge on any atom is 0.332 e. The van der Waals surface area contributed by atoms with Crippen LogP contribution in [0.15, 0.2) is 36.0 Å². The van der Waals surface area contributed by atoms with Crippen molar-refractivity contribution in [3.63, 3.8) is 0 Å². The number of ether oxygens (including phenoxy) is 1. The van der Waals surface area contributed by atoms with Crippen molar-refractivity contribution >= 4 is 11.7 Å². The summed E-state index contributed by atoms with van der Waals surface area (Å²) in [5, 5.41) is 3.16. The fourth-order valence-electron chi connectivity index (χ4n) is 1.58. The van der Waals surface area contributed by atoms with E-state index >= 15 is 0 Å². The third kappa shape index (κ3) is 4.62. The first-order valence-corrected chi connectivity index (χ1v) is 6.25. The molecule has 0 unspecified atom stereocenters. The van der Waals surface area contributed by atoms with Crippen LogP contribution in [-0.2, 0) is 9.53 Å². The summed E-state index contributed by atoms with van der Waals surface area (Å²) in [5.74, 6) is 0.205. The zero-order valence-electron chi connectivity index (χ0n) is 11.5. The van der Waals surface area contributed by atoms with Crippen molar-refractivity contribution in [2.45, 2.75) is 33.6 Å². The zero-order valence-corrected chi connectivity index (χ0v) is 11.5. The molecule has 0 aromatic heterocycles. The molecule has 3 heteroatoms. The maximum absolute atomic E-state index is 11.2. The molecule has 0 radical (unpaired) electrons. The SMILES string of the molecule is CCOC(=O)/C=C(/C)Nc1ccc(C(C)C)cc1. The van der Waals surface area contributed by atoms with Crippen molar-refractivity contribution in [1.29, 1.82) is 0 Å². The largest absolute Gasteiger partial charge is 0.463 e. The van der Waals surface area contributed by atoms with E-state index in [2.05, 4.69) is 31.3 Å². The Morgan fingerprint density at radius 2 is 1.94 bits per heavy atom. The van der Waals surface area contributed by atoms with Crippen LogP contribution in [0.25, 0.3) is 0 Å². The molecule has 3 nitrogen and oxygen atoms in total. The van der Waals surface area contributed by atoms with Crippen LogP contribution >= 0.6 is 0 Å². The molecule has 1 N–H and O–H groups in total. The summed E-state index contributed by atoms with van der Waals surface area (Å²) in [4.78, 5) is 11.2. The molecule has 0 saturated heterocycles. The lowest BCUT2D eigenvalue weighted by Crippen LogP contribution is -2.04. The van der Waals surface area contributed by atoms with Crippen molar-refractivity contribution < 1.29 is 9.53 Å². The molecule has 0 aliphatic carbocycles. The molecule has 0 bridgehead atoms. The molecular formula is C15H21NO2. The first-order valence-electron chi connectivity index (χ1n) is 6.25. The van der Waals surface area contributed by atoms with Crippen LogP contribution in [-0.4, -0.2) is 12.6 Å². The lowest BCUT2D eigenvalue weighted by molar-refractivity contribution is -0.137. The molecule has 0 fully saturated rings. The number of hydrogen-bond acceptors (Lipinski definition) is 3. The van der Waals surface area contributed by atoms with Gasteiger partial charge in [-0.15, -0.1) is 0 Å². The average molecular weight is 247 g/mol. The standard InChI is InChI=1S/C15H21NO2/c1-5-18-15(17)10-12(4)16-14-8-6-13(7-9-14)11(2)3/h6-11,16H,5H2,1-4H3/b12-10-. The van der Waals surface area contributed by atoms with E-state index in [1.54, 1.807) is 6.92 Å². The molecule has 1 aromatic rings. The van der Waals surface area contributed by atoms with Crippen molar-refractivity contribution in [2.75, 3.05) is 11.9 Å². The number of esters is 1. The number of carbonyl (C=O) groups is 1. The van der Waals surface area contributed by atoms with Crippen LogP contribution in [0, 0.1) is 0 Å². The zero-order chi connectivity index (χ0) is 13.5. The van der Waals surface area contributed by atoms with E-state index < -0.39 is 0 Å². The van der Waals surface area contributed by atoms with Gasteiger partial charge in [0.15, 0.2) is 0 Å². The molecule has 0 heterocycles. The second-order valence-electron chi connectivity index (χ2n) is 4.48. The van der Waals surface area contributed by atoms with Gasteiger partial charge in [0.05, 0.1) is 6.61 Å². The molecule has 0 aliphatic heterocycles. The van der Waals surface area contributed by atoms with Crippen LogP contribution < -0.4 is 5.32 Å². The molecule has 98 valence electrons. The topological polar surface area (TPSA) is 38.3 Å². The van der Waals surface area contributed by atoms with Gasteiger partial charge in [-0.25, -0.2) is 4.79 Å². The Balaban J connectivity index is 2.64. The summed E-state index contributed by atoms with van der Waals surface area (Å²) < 4.78 is 4.85. The van der Waals surface area contributed by atoms with Crippen molar-refractivity contribution in [1.82, 2.24) is 0 Å². The van der Waals surface area contributed by atoms with Gasteiger partial charge in [0.2, 0.25) is 0 Å². The third-order valence-corrected chi connectivity index (χ3v) is 2.54. The third-order valence-electron chi connectivity index (χ3n) is 2.54. The lowest BCUT2D eigenvalue weighted by atomic mass is 10.0. The highest BCUT2D eigenvalue weighted by Gasteiger charge is 2.01. The molecular weight excluding hydrogens is 226 g/mol. The first-order chi connectivity index (χ1) is 8.52. The molecule has 0 spiro atoms. The Labute approximate surface area is 109 Å². The normalized spacial score (nSPS) is 11.5. The van der Waals surface area contributed by atoms with Crippen LogP contribution in [0.5, 0.6) is 0 Å². The number of nitrogens with one attached hydrogen (secondary N) is 1. The molecule has 0 amide bonds. The molecule has 18 heavy (non-hydrogen) atoms. The Bertz CT molecular complexity index is 419. The minimum atomic E-state index is -0.318. The van der Waals surface area contributed by atoms with Crippen LogP contribution in [0.3, 0.4) is 0 Å². The van der Waals surface area contributed by atoms with Gasteiger partial charge in [0.1, 0.15) is 0 Å². The van der Waals surface area contributed by atoms with Crippen LogP contribution in [0.1, 0.15) is 39.2 Å². The number of benzene rings is 1. The minimum absolute atomic E-state index is 0.318. The molecule has 0 saturated carbocycles. The van der Waals surface area contributed by atoms with E-state index in [4.69, 9.17) is 4.74 Å². The van der Waals surface area contributed by atoms with Crippen LogP contribution in [0.4, 0.5) is 5.69 Å². The average Bonchev–Trinajstić information content (AvgIpc) is 2.29. The van der Waals surface area contributed by atoms with Crippen molar-refractivity contribution in [3.8, 4) is 0 Å². The van der Waals surface area contributed by atoms with Gasteiger partial charge in [-0.3, -0.25) is 0 Å². The van der Waals surface area contributed by atoms with E-state index in [9.17, 15) is 4.79 Å². The van der Waals surface area contributed by atoms with E-state index in [1.807, 2.05) is 19.1 Å². The summed E-state index contributed by atoms with van der Waals surface area (Å²) in [6.45, 7) is 8.35. The van der Waals surface area contributed by atoms with E-state index in [0.717, 1.165) is 11.4 Å². The summed E-state index contributed by atoms with van der Waals surface area (Å²) >= 11 is 0. The van der Waals surface area contributed by atoms with Gasteiger partial charge >= 0.3 is 5.97 Å². The van der Waals surface area contributed by atoms with Gasteiger partial charge in [-0.1, -0.05) is 26.0 Å². The van der Waals surface area contributed by atoms with E-state index in [0.29, 0.717) is 12.5 Å². The quantitative estimate of drug-likeness (QED) is 0.637. The lowest BCUT2D eigenvalue weighted by Gasteiger charge is -2.09. The number of hydrogen-bond donors (Lipinski definition) is 1. The summed E-state index contributed by atoms with van der Waals surface area (Å²) in [7, 11) is 0. The van der Waals surface area contributed by atoms with Crippen molar-refractivity contribution in [3.05, 3.63) is 41.6 Å². The molecule has 1 rings (SSSR count). The molecule has 0 atom stereocenters. The first kappa shape index (κ1) is 14.3. The fraction of sp³-hybridized carbons (Fsp3) is 0.400. The number of allylic oxidation sites excluding steroid dienone is 1. The predicted molar refractivity (Wildman–Crippen MR) is 74.5 cm³/mol. The highest BCUT2D eigenvalue weighted by molar-refractivity contribution is 5.83. The van der Waals surface area contributed by atoms with Gasteiger partial charge in [0, 0.05) is 17.5 Å².